The first-order chi connectivity index (χ1) is 12.1. The molecule has 2 aromatic carbocycles. The van der Waals surface area contributed by atoms with Crippen LogP contribution in [0.4, 0.5) is 0 Å². The molecule has 2 nitrogen and oxygen atoms in total. The van der Waals surface area contributed by atoms with Gasteiger partial charge in [-0.1, -0.05) is 47.5 Å². The number of piperidine rings is 1. The molecule has 0 N–H and O–H groups in total. The number of carbonyl (C=O) groups excluding carboxylic acids is 1. The minimum absolute atomic E-state index is 0.0533. The summed E-state index contributed by atoms with van der Waals surface area (Å²) in [7, 11) is 0. The van der Waals surface area contributed by atoms with Crippen LogP contribution < -0.4 is 0 Å². The minimum atomic E-state index is 0.0533. The van der Waals surface area contributed by atoms with E-state index in [4.69, 9.17) is 23.2 Å². The van der Waals surface area contributed by atoms with Crippen molar-refractivity contribution in [2.75, 3.05) is 6.54 Å². The third-order valence-electron chi connectivity index (χ3n) is 5.35. The number of nitrogens with zero attached hydrogens (tertiary/aromatic N) is 1. The lowest BCUT2D eigenvalue weighted by molar-refractivity contribution is -0.137. The van der Waals surface area contributed by atoms with Gasteiger partial charge >= 0.3 is 0 Å². The first kappa shape index (κ1) is 16.9. The second-order valence-electron chi connectivity index (χ2n) is 7.19. The number of benzene rings is 2. The van der Waals surface area contributed by atoms with Crippen LogP contribution in [0.3, 0.4) is 0 Å². The summed E-state index contributed by atoms with van der Waals surface area (Å²) in [4.78, 5) is 14.8. The molecule has 4 rings (SSSR count). The molecule has 2 fully saturated rings. The monoisotopic (exact) mass is 373 g/mol. The average Bonchev–Trinajstić information content (AvgIpc) is 3.42. The van der Waals surface area contributed by atoms with Crippen LogP contribution in [0.2, 0.25) is 10.0 Å². The van der Waals surface area contributed by atoms with Gasteiger partial charge in [-0.2, -0.15) is 0 Å². The molecular formula is C21H21Cl2NO. The van der Waals surface area contributed by atoms with Crippen LogP contribution in [-0.2, 0) is 4.79 Å². The topological polar surface area (TPSA) is 20.3 Å². The number of hydrogen-bond donors (Lipinski definition) is 0. The molecule has 1 saturated carbocycles. The largest absolute Gasteiger partial charge is 0.335 e. The quantitative estimate of drug-likeness (QED) is 0.657. The molecular weight excluding hydrogens is 353 g/mol. The number of carbonyl (C=O) groups is 1. The molecule has 0 unspecified atom stereocenters. The van der Waals surface area contributed by atoms with E-state index in [1.54, 1.807) is 0 Å². The van der Waals surface area contributed by atoms with Crippen LogP contribution in [0.1, 0.15) is 48.8 Å². The Balaban J connectivity index is 1.74. The van der Waals surface area contributed by atoms with Gasteiger partial charge in [0.15, 0.2) is 0 Å². The van der Waals surface area contributed by atoms with Crippen molar-refractivity contribution in [2.45, 2.75) is 37.6 Å². The Morgan fingerprint density at radius 1 is 0.920 bits per heavy atom. The minimum Gasteiger partial charge on any atom is -0.335 e. The maximum absolute atomic E-state index is 12.7. The Morgan fingerprint density at radius 2 is 1.68 bits per heavy atom. The molecule has 4 heteroatoms. The van der Waals surface area contributed by atoms with Gasteiger partial charge in [0.25, 0.3) is 0 Å². The van der Waals surface area contributed by atoms with Gasteiger partial charge in [0, 0.05) is 28.9 Å². The number of likely N-dealkylation sites (tertiary alicyclic amines) is 1. The molecule has 1 aliphatic heterocycles. The van der Waals surface area contributed by atoms with Crippen LogP contribution in [0.5, 0.6) is 0 Å². The van der Waals surface area contributed by atoms with E-state index in [0.717, 1.165) is 28.6 Å². The zero-order chi connectivity index (χ0) is 17.4. The van der Waals surface area contributed by atoms with Crippen molar-refractivity contribution in [2.24, 2.45) is 5.92 Å². The SMILES string of the molecule is O=C1CC[C@@H](c2cccc(Cl)c2)[C@H](c2ccc(Cl)cc2)N1CC1CC1. The van der Waals surface area contributed by atoms with Gasteiger partial charge in [0.1, 0.15) is 0 Å². The molecule has 0 spiro atoms. The molecule has 2 aromatic rings. The third-order valence-corrected chi connectivity index (χ3v) is 5.83. The summed E-state index contributed by atoms with van der Waals surface area (Å²) in [6, 6.07) is 16.1. The van der Waals surface area contributed by atoms with Crippen molar-refractivity contribution in [3.8, 4) is 0 Å². The number of amides is 1. The van der Waals surface area contributed by atoms with Crippen LogP contribution in [0.25, 0.3) is 0 Å². The predicted molar refractivity (Wildman–Crippen MR) is 102 cm³/mol. The second-order valence-corrected chi connectivity index (χ2v) is 8.06. The molecule has 25 heavy (non-hydrogen) atoms. The lowest BCUT2D eigenvalue weighted by Crippen LogP contribution is -2.43. The molecule has 1 heterocycles. The molecule has 130 valence electrons. The van der Waals surface area contributed by atoms with E-state index in [0.29, 0.717) is 12.3 Å². The highest BCUT2D eigenvalue weighted by Crippen LogP contribution is 2.45. The third kappa shape index (κ3) is 3.70. The van der Waals surface area contributed by atoms with E-state index in [2.05, 4.69) is 23.1 Å². The summed E-state index contributed by atoms with van der Waals surface area (Å²) in [5.74, 6) is 1.19. The highest BCUT2D eigenvalue weighted by atomic mass is 35.5. The molecule has 2 atom stereocenters. The van der Waals surface area contributed by atoms with Crippen molar-refractivity contribution in [3.05, 3.63) is 69.7 Å². The van der Waals surface area contributed by atoms with Gasteiger partial charge in [-0.25, -0.2) is 0 Å². The van der Waals surface area contributed by atoms with Gasteiger partial charge in [-0.15, -0.1) is 0 Å². The number of halogens is 2. The molecule has 0 radical (unpaired) electrons. The van der Waals surface area contributed by atoms with E-state index in [1.807, 2.05) is 30.3 Å². The van der Waals surface area contributed by atoms with Crippen molar-refractivity contribution >= 4 is 29.1 Å². The smallest absolute Gasteiger partial charge is 0.223 e. The fraction of sp³-hybridized carbons (Fsp3) is 0.381. The van der Waals surface area contributed by atoms with Crippen molar-refractivity contribution < 1.29 is 4.79 Å². The molecule has 1 aliphatic carbocycles. The van der Waals surface area contributed by atoms with Crippen molar-refractivity contribution in [1.82, 2.24) is 4.90 Å². The van der Waals surface area contributed by atoms with E-state index in [1.165, 1.54) is 18.4 Å². The standard InChI is InChI=1S/C21H21Cl2NO/c22-17-8-6-15(7-9-17)21-19(16-2-1-3-18(23)12-16)10-11-20(25)24(21)13-14-4-5-14/h1-3,6-9,12,14,19,21H,4-5,10-11,13H2/t19-,21-/m0/s1. The summed E-state index contributed by atoms with van der Waals surface area (Å²) in [5.41, 5.74) is 2.36. The van der Waals surface area contributed by atoms with Gasteiger partial charge < -0.3 is 4.90 Å². The van der Waals surface area contributed by atoms with Gasteiger partial charge in [-0.05, 0) is 60.6 Å². The number of rotatable bonds is 4. The first-order valence-electron chi connectivity index (χ1n) is 8.92. The zero-order valence-electron chi connectivity index (χ0n) is 14.0. The van der Waals surface area contributed by atoms with Crippen LogP contribution in [-0.4, -0.2) is 17.4 Å². The maximum Gasteiger partial charge on any atom is 0.223 e. The summed E-state index contributed by atoms with van der Waals surface area (Å²) in [6.45, 7) is 0.864. The summed E-state index contributed by atoms with van der Waals surface area (Å²) >= 11 is 12.3. The lowest BCUT2D eigenvalue weighted by Gasteiger charge is -2.42. The van der Waals surface area contributed by atoms with E-state index >= 15 is 0 Å². The summed E-state index contributed by atoms with van der Waals surface area (Å²) in [5, 5.41) is 1.47. The average molecular weight is 374 g/mol. The summed E-state index contributed by atoms with van der Waals surface area (Å²) < 4.78 is 0. The molecule has 0 aromatic heterocycles. The lowest BCUT2D eigenvalue weighted by atomic mass is 9.79. The van der Waals surface area contributed by atoms with Gasteiger partial charge in [0.2, 0.25) is 5.91 Å². The number of hydrogen-bond acceptors (Lipinski definition) is 1. The molecule has 0 bridgehead atoms. The zero-order valence-corrected chi connectivity index (χ0v) is 15.5. The summed E-state index contributed by atoms with van der Waals surface area (Å²) in [6.07, 6.45) is 3.93. The van der Waals surface area contributed by atoms with E-state index < -0.39 is 0 Å². The van der Waals surface area contributed by atoms with Gasteiger partial charge in [0.05, 0.1) is 6.04 Å². The predicted octanol–water partition coefficient (Wildman–Crippen LogP) is 5.85. The first-order valence-corrected chi connectivity index (χ1v) is 9.68. The Kier molecular flexibility index (Phi) is 4.75. The van der Waals surface area contributed by atoms with Gasteiger partial charge in [-0.3, -0.25) is 4.79 Å². The molecule has 1 amide bonds. The molecule has 1 saturated heterocycles. The fourth-order valence-electron chi connectivity index (χ4n) is 3.91. The van der Waals surface area contributed by atoms with E-state index in [9.17, 15) is 4.79 Å². The molecule has 2 aliphatic rings. The van der Waals surface area contributed by atoms with E-state index in [-0.39, 0.29) is 17.9 Å². The fourth-order valence-corrected chi connectivity index (χ4v) is 4.23. The van der Waals surface area contributed by atoms with Crippen molar-refractivity contribution in [1.29, 1.82) is 0 Å². The highest BCUT2D eigenvalue weighted by molar-refractivity contribution is 6.30. The van der Waals surface area contributed by atoms with Crippen molar-refractivity contribution in [3.63, 3.8) is 0 Å². The van der Waals surface area contributed by atoms with Crippen LogP contribution >= 0.6 is 23.2 Å². The van der Waals surface area contributed by atoms with Crippen LogP contribution in [0, 0.1) is 5.92 Å². The maximum atomic E-state index is 12.7. The Labute approximate surface area is 158 Å². The normalized spacial score (nSPS) is 23.8. The second kappa shape index (κ2) is 7.01. The Morgan fingerprint density at radius 3 is 2.36 bits per heavy atom. The van der Waals surface area contributed by atoms with Crippen LogP contribution in [0.15, 0.2) is 48.5 Å². The highest BCUT2D eigenvalue weighted by Gasteiger charge is 2.40. The Bertz CT molecular complexity index is 770. The Hall–Kier alpha value is -1.51.